The number of benzene rings is 4. The zero-order valence-electron chi connectivity index (χ0n) is 25.6. The van der Waals surface area contributed by atoms with Crippen molar-refractivity contribution >= 4 is 17.3 Å². The third kappa shape index (κ3) is 8.03. The van der Waals surface area contributed by atoms with Gasteiger partial charge in [0.2, 0.25) is 11.8 Å². The lowest BCUT2D eigenvalue weighted by molar-refractivity contribution is 0.268. The molecule has 0 bridgehead atoms. The Morgan fingerprint density at radius 2 is 1.47 bits per heavy atom. The van der Waals surface area contributed by atoms with E-state index in [-0.39, 0.29) is 5.82 Å². The van der Waals surface area contributed by atoms with E-state index in [1.54, 1.807) is 6.07 Å². The van der Waals surface area contributed by atoms with Crippen LogP contribution < -0.4 is 14.4 Å². The van der Waals surface area contributed by atoms with Crippen molar-refractivity contribution in [1.82, 2.24) is 4.98 Å². The van der Waals surface area contributed by atoms with E-state index in [0.29, 0.717) is 36.6 Å². The second-order valence-electron chi connectivity index (χ2n) is 11.8. The highest BCUT2D eigenvalue weighted by molar-refractivity contribution is 6.31. The van der Waals surface area contributed by atoms with Crippen LogP contribution in [0.5, 0.6) is 11.8 Å². The number of pyridine rings is 1. The third-order valence-corrected chi connectivity index (χ3v) is 8.98. The molecular weight excluding hydrogens is 583 g/mol. The summed E-state index contributed by atoms with van der Waals surface area (Å²) in [6.45, 7) is 4.49. The van der Waals surface area contributed by atoms with Gasteiger partial charge in [0.25, 0.3) is 0 Å². The van der Waals surface area contributed by atoms with E-state index in [1.165, 1.54) is 5.56 Å². The molecule has 2 heterocycles. The van der Waals surface area contributed by atoms with E-state index in [4.69, 9.17) is 26.1 Å². The van der Waals surface area contributed by atoms with Crippen LogP contribution >= 0.6 is 11.6 Å². The van der Waals surface area contributed by atoms with Crippen LogP contribution in [0.15, 0.2) is 109 Å². The molecule has 5 aromatic rings. The Morgan fingerprint density at radius 1 is 0.778 bits per heavy atom. The summed E-state index contributed by atoms with van der Waals surface area (Å²) < 4.78 is 27.9. The van der Waals surface area contributed by atoms with Crippen LogP contribution in [0.4, 0.5) is 10.1 Å². The number of anilines is 1. The summed E-state index contributed by atoms with van der Waals surface area (Å²) >= 11 is 6.19. The van der Waals surface area contributed by atoms with Gasteiger partial charge in [-0.05, 0) is 90.6 Å². The van der Waals surface area contributed by atoms with Gasteiger partial charge < -0.3 is 14.4 Å². The minimum Gasteiger partial charge on any atom is -0.473 e. The second-order valence-corrected chi connectivity index (χ2v) is 12.2. The highest BCUT2D eigenvalue weighted by Gasteiger charge is 2.22. The Kier molecular flexibility index (Phi) is 9.96. The first-order valence-corrected chi connectivity index (χ1v) is 16.0. The van der Waals surface area contributed by atoms with Crippen molar-refractivity contribution in [3.63, 3.8) is 0 Å². The van der Waals surface area contributed by atoms with E-state index < -0.39 is 0 Å². The molecule has 4 aromatic carbocycles. The summed E-state index contributed by atoms with van der Waals surface area (Å²) in [5, 5.41) is 0.817. The monoisotopic (exact) mass is 620 g/mol. The van der Waals surface area contributed by atoms with Crippen LogP contribution in [0.1, 0.15) is 41.5 Å². The first-order valence-electron chi connectivity index (χ1n) is 15.7. The minimum absolute atomic E-state index is 0.235. The summed E-state index contributed by atoms with van der Waals surface area (Å²) in [5.74, 6) is 1.27. The van der Waals surface area contributed by atoms with Crippen molar-refractivity contribution in [2.24, 2.45) is 5.92 Å². The molecule has 0 atom stereocenters. The van der Waals surface area contributed by atoms with Gasteiger partial charge in [0.15, 0.2) is 0 Å². The highest BCUT2D eigenvalue weighted by atomic mass is 35.5. The first-order chi connectivity index (χ1) is 22.0. The van der Waals surface area contributed by atoms with Crippen molar-refractivity contribution in [1.29, 1.82) is 0 Å². The van der Waals surface area contributed by atoms with Crippen LogP contribution in [0.25, 0.3) is 11.1 Å². The Labute approximate surface area is 270 Å². The number of aryl methyl sites for hydroxylation is 2. The molecule has 1 aliphatic rings. The SMILES string of the molecule is Cc1cc(CCC2CCN(c3ccc(-c4ccc(OCc5ccccc5)nc4OCc4ccccc4)cc3F)CC2)ccc1Cl. The average Bonchev–Trinajstić information content (AvgIpc) is 3.08. The smallest absolute Gasteiger partial charge is 0.225 e. The molecule has 1 saturated heterocycles. The van der Waals surface area contributed by atoms with Gasteiger partial charge in [0.05, 0.1) is 5.69 Å². The highest BCUT2D eigenvalue weighted by Crippen LogP contribution is 2.35. The van der Waals surface area contributed by atoms with Crippen molar-refractivity contribution in [2.45, 2.75) is 45.8 Å². The predicted molar refractivity (Wildman–Crippen MR) is 181 cm³/mol. The van der Waals surface area contributed by atoms with Crippen molar-refractivity contribution < 1.29 is 13.9 Å². The predicted octanol–water partition coefficient (Wildman–Crippen LogP) is 9.86. The minimum atomic E-state index is -0.235. The van der Waals surface area contributed by atoms with Gasteiger partial charge in [-0.3, -0.25) is 0 Å². The van der Waals surface area contributed by atoms with Gasteiger partial charge in [0, 0.05) is 29.7 Å². The molecule has 4 nitrogen and oxygen atoms in total. The molecular formula is C39H38ClFN2O2. The van der Waals surface area contributed by atoms with Crippen molar-refractivity contribution in [3.05, 3.63) is 142 Å². The van der Waals surface area contributed by atoms with E-state index >= 15 is 4.39 Å². The standard InChI is InChI=1S/C39H38ClFN2O2/c1-28-24-30(14-17-35(28)40)13-12-29-20-22-43(23-21-29)37-18-15-33(25-36(37)41)34-16-19-38(44-26-31-8-4-2-5-9-31)42-39(34)45-27-32-10-6-3-7-11-32/h2-11,14-19,24-25,29H,12-13,20-23,26-27H2,1H3. The molecule has 1 aliphatic heterocycles. The summed E-state index contributed by atoms with van der Waals surface area (Å²) in [6.07, 6.45) is 4.30. The maximum atomic E-state index is 15.7. The van der Waals surface area contributed by atoms with Crippen LogP contribution in [0, 0.1) is 18.7 Å². The molecule has 1 fully saturated rings. The molecule has 45 heavy (non-hydrogen) atoms. The summed E-state index contributed by atoms with van der Waals surface area (Å²) in [4.78, 5) is 6.87. The fourth-order valence-corrected chi connectivity index (χ4v) is 6.04. The van der Waals surface area contributed by atoms with Gasteiger partial charge in [-0.2, -0.15) is 4.98 Å². The maximum Gasteiger partial charge on any atom is 0.225 e. The summed E-state index contributed by atoms with van der Waals surface area (Å²) in [5.41, 5.74) is 6.61. The van der Waals surface area contributed by atoms with Crippen LogP contribution in [0.2, 0.25) is 5.02 Å². The molecule has 0 N–H and O–H groups in total. The van der Waals surface area contributed by atoms with Gasteiger partial charge >= 0.3 is 0 Å². The molecule has 6 heteroatoms. The Morgan fingerprint density at radius 3 is 2.13 bits per heavy atom. The van der Waals surface area contributed by atoms with Crippen LogP contribution in [-0.2, 0) is 19.6 Å². The Hall–Kier alpha value is -4.35. The largest absolute Gasteiger partial charge is 0.473 e. The fourth-order valence-electron chi connectivity index (χ4n) is 5.92. The number of ether oxygens (including phenoxy) is 2. The van der Waals surface area contributed by atoms with Crippen LogP contribution in [0.3, 0.4) is 0 Å². The van der Waals surface area contributed by atoms with Crippen molar-refractivity contribution in [3.8, 4) is 22.9 Å². The molecule has 0 saturated carbocycles. The van der Waals surface area contributed by atoms with E-state index in [1.807, 2.05) is 91.0 Å². The zero-order valence-corrected chi connectivity index (χ0v) is 26.3. The van der Waals surface area contributed by atoms with Gasteiger partial charge in [0.1, 0.15) is 19.0 Å². The maximum absolute atomic E-state index is 15.7. The lowest BCUT2D eigenvalue weighted by Crippen LogP contribution is -2.34. The van der Waals surface area contributed by atoms with Gasteiger partial charge in [-0.25, -0.2) is 4.39 Å². The lowest BCUT2D eigenvalue weighted by Gasteiger charge is -2.34. The number of hydrogen-bond acceptors (Lipinski definition) is 4. The first kappa shape index (κ1) is 30.7. The van der Waals surface area contributed by atoms with E-state index in [2.05, 4.69) is 24.0 Å². The number of rotatable bonds is 11. The average molecular weight is 621 g/mol. The lowest BCUT2D eigenvalue weighted by atomic mass is 9.90. The molecule has 0 unspecified atom stereocenters. The quantitative estimate of drug-likeness (QED) is 0.147. The number of aromatic nitrogens is 1. The van der Waals surface area contributed by atoms with E-state index in [9.17, 15) is 0 Å². The van der Waals surface area contributed by atoms with Gasteiger partial charge in [-0.1, -0.05) is 90.5 Å². The fraction of sp³-hybridized carbons (Fsp3) is 0.256. The normalized spacial score (nSPS) is 13.5. The van der Waals surface area contributed by atoms with Crippen molar-refractivity contribution in [2.75, 3.05) is 18.0 Å². The molecule has 230 valence electrons. The molecule has 0 aliphatic carbocycles. The van der Waals surface area contributed by atoms with Crippen LogP contribution in [-0.4, -0.2) is 18.1 Å². The topological polar surface area (TPSA) is 34.6 Å². The molecule has 0 amide bonds. The Balaban J connectivity index is 1.13. The zero-order chi connectivity index (χ0) is 31.0. The Bertz CT molecular complexity index is 1710. The number of hydrogen-bond donors (Lipinski definition) is 0. The number of halogens is 2. The molecule has 0 spiro atoms. The second kappa shape index (κ2) is 14.6. The summed E-state index contributed by atoms with van der Waals surface area (Å²) in [7, 11) is 0. The van der Waals surface area contributed by atoms with Gasteiger partial charge in [-0.15, -0.1) is 0 Å². The number of piperidine rings is 1. The molecule has 6 rings (SSSR count). The molecule has 1 aromatic heterocycles. The summed E-state index contributed by atoms with van der Waals surface area (Å²) in [6, 6.07) is 35.4. The third-order valence-electron chi connectivity index (χ3n) is 8.56. The van der Waals surface area contributed by atoms with E-state index in [0.717, 1.165) is 71.6 Å². The number of nitrogens with zero attached hydrogens (tertiary/aromatic N) is 2. The molecule has 0 radical (unpaired) electrons.